The van der Waals surface area contributed by atoms with Crippen molar-refractivity contribution in [3.8, 4) is 0 Å². The summed E-state index contributed by atoms with van der Waals surface area (Å²) in [5, 5.41) is 15.2. The van der Waals surface area contributed by atoms with Gasteiger partial charge in [0.1, 0.15) is 6.04 Å². The molecule has 152 valence electrons. The number of rotatable bonds is 16. The molecule has 0 rings (SSSR count). The van der Waals surface area contributed by atoms with Gasteiger partial charge in [0.05, 0.1) is 6.04 Å². The smallest absolute Gasteiger partial charge is 0.326 e. The van der Waals surface area contributed by atoms with Crippen LogP contribution in [0, 0.1) is 11.8 Å². The van der Waals surface area contributed by atoms with Crippen molar-refractivity contribution in [2.24, 2.45) is 11.8 Å². The van der Waals surface area contributed by atoms with Crippen LogP contribution in [-0.4, -0.2) is 35.6 Å². The third-order valence-corrected chi connectivity index (χ3v) is 4.63. The first-order valence-corrected chi connectivity index (χ1v) is 10.2. The average molecular weight is 369 g/mol. The van der Waals surface area contributed by atoms with E-state index >= 15 is 0 Å². The summed E-state index contributed by atoms with van der Waals surface area (Å²) in [4.78, 5) is 23.7. The molecular weight excluding hydrogens is 328 g/mol. The molecule has 0 aliphatic carbocycles. The molecule has 0 saturated heterocycles. The van der Waals surface area contributed by atoms with Gasteiger partial charge in [0.2, 0.25) is 5.91 Å². The molecule has 0 saturated carbocycles. The highest BCUT2D eigenvalue weighted by atomic mass is 16.4. The zero-order valence-corrected chi connectivity index (χ0v) is 17.2. The molecule has 1 amide bonds. The second-order valence-electron chi connectivity index (χ2n) is 7.80. The second-order valence-corrected chi connectivity index (χ2v) is 7.80. The van der Waals surface area contributed by atoms with Gasteiger partial charge in [0.25, 0.3) is 0 Å². The van der Waals surface area contributed by atoms with Crippen LogP contribution in [0.4, 0.5) is 0 Å². The van der Waals surface area contributed by atoms with Gasteiger partial charge in [-0.2, -0.15) is 0 Å². The van der Waals surface area contributed by atoms with Gasteiger partial charge in [0, 0.05) is 0 Å². The van der Waals surface area contributed by atoms with Crippen molar-refractivity contribution in [2.45, 2.75) is 91.1 Å². The van der Waals surface area contributed by atoms with Crippen LogP contribution < -0.4 is 10.6 Å². The van der Waals surface area contributed by atoms with Crippen LogP contribution >= 0.6 is 0 Å². The van der Waals surface area contributed by atoms with Gasteiger partial charge >= 0.3 is 5.97 Å². The highest BCUT2D eigenvalue weighted by Crippen LogP contribution is 2.10. The number of carboxylic acids is 1. The molecule has 26 heavy (non-hydrogen) atoms. The monoisotopic (exact) mass is 368 g/mol. The molecular formula is C21H40N2O3. The van der Waals surface area contributed by atoms with Gasteiger partial charge in [-0.1, -0.05) is 65.9 Å². The average Bonchev–Trinajstić information content (AvgIpc) is 2.56. The van der Waals surface area contributed by atoms with Gasteiger partial charge in [-0.3, -0.25) is 4.79 Å². The van der Waals surface area contributed by atoms with E-state index < -0.39 is 12.0 Å². The summed E-state index contributed by atoms with van der Waals surface area (Å²) in [5.41, 5.74) is 0. The fourth-order valence-corrected chi connectivity index (χ4v) is 2.94. The standard InChI is InChI=1S/C21H40N2O3/c1-6-7-8-9-10-11-12-13-14-15-22-18(16(2)3)20(24)23-19(17(4)5)21(25)26/h6,16-19,22H,1,7-15H2,2-5H3,(H,23,24)(H,25,26)/t18-,19-/m0/s1. The molecule has 0 aromatic carbocycles. The number of aliphatic carboxylic acids is 1. The number of allylic oxidation sites excluding steroid dienone is 1. The molecule has 0 aliphatic rings. The summed E-state index contributed by atoms with van der Waals surface area (Å²) >= 11 is 0. The number of hydrogen-bond acceptors (Lipinski definition) is 3. The van der Waals surface area contributed by atoms with Crippen LogP contribution in [0.2, 0.25) is 0 Å². The van der Waals surface area contributed by atoms with E-state index in [2.05, 4.69) is 17.2 Å². The first kappa shape index (κ1) is 24.6. The Bertz CT molecular complexity index is 408. The van der Waals surface area contributed by atoms with Crippen molar-refractivity contribution in [1.82, 2.24) is 10.6 Å². The zero-order valence-electron chi connectivity index (χ0n) is 17.2. The number of carbonyl (C=O) groups is 2. The molecule has 0 spiro atoms. The Morgan fingerprint density at radius 1 is 0.885 bits per heavy atom. The first-order chi connectivity index (χ1) is 12.3. The number of unbranched alkanes of at least 4 members (excludes halogenated alkanes) is 7. The van der Waals surface area contributed by atoms with Gasteiger partial charge in [-0.25, -0.2) is 4.79 Å². The van der Waals surface area contributed by atoms with Crippen LogP contribution in [0.25, 0.3) is 0 Å². The molecule has 0 aromatic rings. The van der Waals surface area contributed by atoms with Crippen LogP contribution in [0.1, 0.15) is 79.1 Å². The van der Waals surface area contributed by atoms with Gasteiger partial charge < -0.3 is 15.7 Å². The molecule has 2 atom stereocenters. The third kappa shape index (κ3) is 11.3. The highest BCUT2D eigenvalue weighted by molar-refractivity contribution is 5.87. The summed E-state index contributed by atoms with van der Waals surface area (Å²) < 4.78 is 0. The predicted octanol–water partition coefficient (Wildman–Crippen LogP) is 4.13. The van der Waals surface area contributed by atoms with Crippen molar-refractivity contribution in [3.63, 3.8) is 0 Å². The maximum absolute atomic E-state index is 12.5. The number of amides is 1. The molecule has 0 aromatic heterocycles. The van der Waals surface area contributed by atoms with Crippen LogP contribution in [0.15, 0.2) is 12.7 Å². The van der Waals surface area contributed by atoms with E-state index in [0.29, 0.717) is 0 Å². The van der Waals surface area contributed by atoms with E-state index in [1.165, 1.54) is 32.1 Å². The van der Waals surface area contributed by atoms with Crippen LogP contribution in [0.3, 0.4) is 0 Å². The summed E-state index contributed by atoms with van der Waals surface area (Å²) in [6.07, 6.45) is 11.6. The highest BCUT2D eigenvalue weighted by Gasteiger charge is 2.28. The lowest BCUT2D eigenvalue weighted by Crippen LogP contribution is -2.53. The fourth-order valence-electron chi connectivity index (χ4n) is 2.94. The van der Waals surface area contributed by atoms with Gasteiger partial charge in [0.15, 0.2) is 0 Å². The molecule has 0 bridgehead atoms. The van der Waals surface area contributed by atoms with E-state index in [1.54, 1.807) is 13.8 Å². The first-order valence-electron chi connectivity index (χ1n) is 10.2. The lowest BCUT2D eigenvalue weighted by atomic mass is 10.00. The van der Waals surface area contributed by atoms with Crippen molar-refractivity contribution in [2.75, 3.05) is 6.54 Å². The Balaban J connectivity index is 4.07. The summed E-state index contributed by atoms with van der Waals surface area (Å²) in [6.45, 7) is 12.1. The van der Waals surface area contributed by atoms with E-state index in [1.807, 2.05) is 19.9 Å². The molecule has 0 radical (unpaired) electrons. The summed E-state index contributed by atoms with van der Waals surface area (Å²) in [5.74, 6) is -1.23. The molecule has 0 fully saturated rings. The molecule has 0 heterocycles. The fraction of sp³-hybridized carbons (Fsp3) is 0.810. The Hall–Kier alpha value is -1.36. The van der Waals surface area contributed by atoms with E-state index in [4.69, 9.17) is 0 Å². The quantitative estimate of drug-likeness (QED) is 0.283. The Kier molecular flexibility index (Phi) is 14.0. The van der Waals surface area contributed by atoms with E-state index in [0.717, 1.165) is 25.8 Å². The topological polar surface area (TPSA) is 78.4 Å². The normalized spacial score (nSPS) is 13.6. The minimum absolute atomic E-state index is 0.112. The largest absolute Gasteiger partial charge is 0.480 e. The van der Waals surface area contributed by atoms with Gasteiger partial charge in [-0.05, 0) is 37.6 Å². The second kappa shape index (κ2) is 14.8. The van der Waals surface area contributed by atoms with Crippen molar-refractivity contribution < 1.29 is 14.7 Å². The molecule has 3 N–H and O–H groups in total. The maximum atomic E-state index is 12.5. The lowest BCUT2D eigenvalue weighted by Gasteiger charge is -2.25. The number of hydrogen-bond donors (Lipinski definition) is 3. The minimum atomic E-state index is -0.982. The van der Waals surface area contributed by atoms with E-state index in [9.17, 15) is 14.7 Å². The Labute approximate surface area is 160 Å². The van der Waals surface area contributed by atoms with Gasteiger partial charge in [-0.15, -0.1) is 6.58 Å². The number of carbonyl (C=O) groups excluding carboxylic acids is 1. The zero-order chi connectivity index (χ0) is 19.9. The maximum Gasteiger partial charge on any atom is 0.326 e. The molecule has 0 aliphatic heterocycles. The van der Waals surface area contributed by atoms with E-state index in [-0.39, 0.29) is 23.8 Å². The molecule has 5 heteroatoms. The third-order valence-electron chi connectivity index (χ3n) is 4.63. The van der Waals surface area contributed by atoms with Crippen molar-refractivity contribution >= 4 is 11.9 Å². The Morgan fingerprint density at radius 3 is 1.85 bits per heavy atom. The SMILES string of the molecule is C=CCCCCCCCCCN[C@H](C(=O)N[C@H](C(=O)O)C(C)C)C(C)C. The summed E-state index contributed by atoms with van der Waals surface area (Å²) in [6, 6.07) is -1.19. The molecule has 0 unspecified atom stereocenters. The van der Waals surface area contributed by atoms with Crippen LogP contribution in [0.5, 0.6) is 0 Å². The molecule has 5 nitrogen and oxygen atoms in total. The predicted molar refractivity (Wildman–Crippen MR) is 108 cm³/mol. The van der Waals surface area contributed by atoms with Crippen LogP contribution in [-0.2, 0) is 9.59 Å². The van der Waals surface area contributed by atoms with Crippen molar-refractivity contribution in [1.29, 1.82) is 0 Å². The van der Waals surface area contributed by atoms with Crippen molar-refractivity contribution in [3.05, 3.63) is 12.7 Å². The Morgan fingerprint density at radius 2 is 1.38 bits per heavy atom. The number of carboxylic acid groups (broad SMARTS) is 1. The lowest BCUT2D eigenvalue weighted by molar-refractivity contribution is -0.143. The minimum Gasteiger partial charge on any atom is -0.480 e. The number of nitrogens with one attached hydrogen (secondary N) is 2. The summed E-state index contributed by atoms with van der Waals surface area (Å²) in [7, 11) is 0.